The number of anilines is 2. The summed E-state index contributed by atoms with van der Waals surface area (Å²) >= 11 is 1.25. The van der Waals surface area contributed by atoms with Crippen molar-refractivity contribution in [1.82, 2.24) is 34.6 Å². The first kappa shape index (κ1) is 42.0. The fourth-order valence-electron chi connectivity index (χ4n) is 10.1. The predicted molar refractivity (Wildman–Crippen MR) is 230 cm³/mol. The molecule has 3 atom stereocenters. The first-order chi connectivity index (χ1) is 30.9. The van der Waals surface area contributed by atoms with Crippen molar-refractivity contribution in [3.63, 3.8) is 0 Å². The highest BCUT2D eigenvalue weighted by atomic mass is 32.1. The van der Waals surface area contributed by atoms with E-state index in [0.29, 0.717) is 73.3 Å². The van der Waals surface area contributed by atoms with E-state index in [4.69, 9.17) is 0 Å². The molecule has 3 fully saturated rings. The molecular weight excluding hydrogens is 851 g/mol. The molecule has 0 radical (unpaired) electrons. The van der Waals surface area contributed by atoms with Gasteiger partial charge in [-0.3, -0.25) is 39.6 Å². The van der Waals surface area contributed by atoms with Crippen molar-refractivity contribution in [2.24, 2.45) is 0 Å². The van der Waals surface area contributed by atoms with Gasteiger partial charge in [0.2, 0.25) is 11.8 Å². The summed E-state index contributed by atoms with van der Waals surface area (Å²) in [4.78, 5) is 67.5. The minimum atomic E-state index is -3.00. The van der Waals surface area contributed by atoms with E-state index in [0.717, 1.165) is 24.2 Å². The second-order valence-electron chi connectivity index (χ2n) is 17.2. The highest BCUT2D eigenvalue weighted by molar-refractivity contribution is 7.13. The third kappa shape index (κ3) is 7.95. The number of aryl methyl sites for hydroxylation is 1. The average Bonchev–Trinajstić information content (AvgIpc) is 4.10. The van der Waals surface area contributed by atoms with Crippen molar-refractivity contribution in [3.8, 4) is 11.1 Å². The Labute approximate surface area is 370 Å². The Balaban J connectivity index is 0.770. The molecule has 2 aromatic heterocycles. The van der Waals surface area contributed by atoms with E-state index in [9.17, 15) is 19.2 Å². The van der Waals surface area contributed by atoms with E-state index in [2.05, 4.69) is 25.5 Å². The standard InChI is InChI=1S/C46H45F4N9O4S/c47-35-20-27(3-8-31(35)32-9-10-39(60)53-42(32)61)23-55-15-17-56(18-16-55)38-11-14-57(25-46(38,49)50)30-6-4-28(5-7-30)29-21-33-34(36(48)22-29)24-59(44(33)63)41(43(62)54-45-51-12-19-64-45)40-37-2-1-13-58(37)26-52-40/h3-8,12,19-22,26,32,38,41H,1-2,9-11,13-18,23-25H2,(H,51,54,62)(H,53,60,61). The Bertz CT molecular complexity index is 2630. The van der Waals surface area contributed by atoms with Crippen LogP contribution in [0.3, 0.4) is 0 Å². The zero-order chi connectivity index (χ0) is 44.3. The number of halogens is 4. The number of amides is 4. The zero-order valence-corrected chi connectivity index (χ0v) is 35.6. The normalized spacial score (nSPS) is 21.8. The largest absolute Gasteiger partial charge is 0.365 e. The van der Waals surface area contributed by atoms with Crippen molar-refractivity contribution in [1.29, 1.82) is 0 Å². The Morgan fingerprint density at radius 3 is 2.45 bits per heavy atom. The number of hydrogen-bond acceptors (Lipinski definition) is 10. The molecule has 332 valence electrons. The smallest absolute Gasteiger partial charge is 0.280 e. The number of aromatic nitrogens is 3. The van der Waals surface area contributed by atoms with Crippen LogP contribution in [0.5, 0.6) is 0 Å². The summed E-state index contributed by atoms with van der Waals surface area (Å²) in [5.74, 6) is -6.63. The molecule has 5 aliphatic rings. The van der Waals surface area contributed by atoms with E-state index in [1.165, 1.54) is 28.4 Å². The van der Waals surface area contributed by atoms with Crippen LogP contribution in [0.2, 0.25) is 0 Å². The first-order valence-electron chi connectivity index (χ1n) is 21.6. The van der Waals surface area contributed by atoms with Crippen molar-refractivity contribution < 1.29 is 36.7 Å². The summed E-state index contributed by atoms with van der Waals surface area (Å²) in [5, 5.41) is 7.18. The molecule has 10 rings (SSSR count). The number of fused-ring (bicyclic) bond motifs is 2. The number of imidazole rings is 1. The number of thiazole rings is 1. The molecule has 0 bridgehead atoms. The van der Waals surface area contributed by atoms with Gasteiger partial charge in [0.25, 0.3) is 17.7 Å². The van der Waals surface area contributed by atoms with Crippen molar-refractivity contribution in [2.75, 3.05) is 49.5 Å². The molecule has 5 aliphatic heterocycles. The molecule has 3 aromatic carbocycles. The lowest BCUT2D eigenvalue weighted by atomic mass is 9.89. The maximum Gasteiger partial charge on any atom is 0.280 e. The van der Waals surface area contributed by atoms with Gasteiger partial charge in [0, 0.05) is 91.9 Å². The molecule has 3 saturated heterocycles. The summed E-state index contributed by atoms with van der Waals surface area (Å²) in [6, 6.07) is 12.7. The summed E-state index contributed by atoms with van der Waals surface area (Å²) < 4.78 is 65.0. The summed E-state index contributed by atoms with van der Waals surface area (Å²) in [5.41, 5.74) is 4.31. The lowest BCUT2D eigenvalue weighted by molar-refractivity contribution is -0.134. The molecule has 18 heteroatoms. The number of benzene rings is 3. The summed E-state index contributed by atoms with van der Waals surface area (Å²) in [6.45, 7) is 2.98. The molecule has 3 unspecified atom stereocenters. The van der Waals surface area contributed by atoms with E-state index in [1.54, 1.807) is 65.3 Å². The van der Waals surface area contributed by atoms with Crippen molar-refractivity contribution in [2.45, 2.75) is 75.7 Å². The Morgan fingerprint density at radius 1 is 0.906 bits per heavy atom. The van der Waals surface area contributed by atoms with Crippen LogP contribution in [0.15, 0.2) is 72.5 Å². The fraction of sp³-hybridized carbons (Fsp3) is 0.391. The van der Waals surface area contributed by atoms with Crippen LogP contribution in [0.25, 0.3) is 11.1 Å². The average molecular weight is 896 g/mol. The molecule has 4 amide bonds. The second-order valence-corrected chi connectivity index (χ2v) is 18.1. The van der Waals surface area contributed by atoms with Gasteiger partial charge >= 0.3 is 0 Å². The summed E-state index contributed by atoms with van der Waals surface area (Å²) in [6.07, 6.45) is 5.50. The second kappa shape index (κ2) is 16.9. The minimum Gasteiger partial charge on any atom is -0.365 e. The SMILES string of the molecule is O=C1CCC(c2ccc(CN3CCN(C4CCN(c5ccc(-c6cc(F)c7c(c6)C(=O)N(C(C(=O)Nc6nccs6)c6ncn8c6CCC8)C7)cc5)CC4(F)F)CC3)cc2F)C(=O)N1. The molecule has 7 heterocycles. The first-order valence-corrected chi connectivity index (χ1v) is 22.5. The molecule has 0 saturated carbocycles. The van der Waals surface area contributed by atoms with Gasteiger partial charge in [0.15, 0.2) is 11.2 Å². The molecular formula is C46H45F4N9O4S. The van der Waals surface area contributed by atoms with Crippen LogP contribution in [0.1, 0.15) is 76.1 Å². The fourth-order valence-corrected chi connectivity index (χ4v) is 10.6. The highest BCUT2D eigenvalue weighted by Gasteiger charge is 2.48. The van der Waals surface area contributed by atoms with Crippen LogP contribution in [-0.2, 0) is 40.4 Å². The van der Waals surface area contributed by atoms with Gasteiger partial charge in [0.05, 0.1) is 37.1 Å². The topological polar surface area (TPSA) is 136 Å². The lowest BCUT2D eigenvalue weighted by Crippen LogP contribution is -2.61. The Hall–Kier alpha value is -5.98. The van der Waals surface area contributed by atoms with Gasteiger partial charge in [0.1, 0.15) is 11.6 Å². The zero-order valence-electron chi connectivity index (χ0n) is 34.7. The molecule has 13 nitrogen and oxygen atoms in total. The molecule has 5 aromatic rings. The van der Waals surface area contributed by atoms with E-state index < -0.39 is 59.8 Å². The monoisotopic (exact) mass is 895 g/mol. The third-order valence-electron chi connectivity index (χ3n) is 13.3. The van der Waals surface area contributed by atoms with Crippen LogP contribution < -0.4 is 15.5 Å². The molecule has 0 aliphatic carbocycles. The quantitative estimate of drug-likeness (QED) is 0.126. The Kier molecular flexibility index (Phi) is 11.1. The maximum atomic E-state index is 16.0. The van der Waals surface area contributed by atoms with Crippen LogP contribution in [0.4, 0.5) is 28.4 Å². The number of rotatable bonds is 10. The van der Waals surface area contributed by atoms with E-state index in [1.807, 2.05) is 9.47 Å². The number of piperazine rings is 1. The summed E-state index contributed by atoms with van der Waals surface area (Å²) in [7, 11) is 0. The number of nitrogens with one attached hydrogen (secondary N) is 2. The van der Waals surface area contributed by atoms with Gasteiger partial charge in [-0.2, -0.15) is 0 Å². The number of alkyl halides is 2. The van der Waals surface area contributed by atoms with Crippen molar-refractivity contribution >= 4 is 45.8 Å². The number of piperidine rings is 2. The lowest BCUT2D eigenvalue weighted by Gasteiger charge is -2.47. The van der Waals surface area contributed by atoms with Gasteiger partial charge in [-0.05, 0) is 72.7 Å². The Morgan fingerprint density at radius 2 is 1.72 bits per heavy atom. The van der Waals surface area contributed by atoms with Gasteiger partial charge < -0.3 is 14.4 Å². The minimum absolute atomic E-state index is 0.118. The van der Waals surface area contributed by atoms with Gasteiger partial charge in [-0.15, -0.1) is 11.3 Å². The predicted octanol–water partition coefficient (Wildman–Crippen LogP) is 6.12. The third-order valence-corrected chi connectivity index (χ3v) is 14.0. The highest BCUT2D eigenvalue weighted by Crippen LogP contribution is 2.39. The molecule has 2 N–H and O–H groups in total. The van der Waals surface area contributed by atoms with Crippen LogP contribution >= 0.6 is 11.3 Å². The van der Waals surface area contributed by atoms with Gasteiger partial charge in [-0.1, -0.05) is 24.3 Å². The number of nitrogens with zero attached hydrogens (tertiary/aromatic N) is 7. The maximum absolute atomic E-state index is 16.0. The van der Waals surface area contributed by atoms with Crippen molar-refractivity contribution in [3.05, 3.63) is 118 Å². The molecule has 0 spiro atoms. The van der Waals surface area contributed by atoms with Crippen LogP contribution in [0, 0.1) is 11.6 Å². The number of carbonyl (C=O) groups excluding carboxylic acids is 4. The van der Waals surface area contributed by atoms with Crippen LogP contribution in [-0.4, -0.2) is 104 Å². The number of carbonyl (C=O) groups is 4. The van der Waals surface area contributed by atoms with E-state index in [-0.39, 0.29) is 48.4 Å². The number of imide groups is 1. The number of hydrogen-bond donors (Lipinski definition) is 2. The molecule has 64 heavy (non-hydrogen) atoms. The van der Waals surface area contributed by atoms with E-state index >= 15 is 17.6 Å². The van der Waals surface area contributed by atoms with Gasteiger partial charge in [-0.25, -0.2) is 27.5 Å².